The van der Waals surface area contributed by atoms with Crippen molar-refractivity contribution in [1.82, 2.24) is 0 Å². The summed E-state index contributed by atoms with van der Waals surface area (Å²) >= 11 is 14.4. The highest BCUT2D eigenvalue weighted by Gasteiger charge is 2.51. The summed E-state index contributed by atoms with van der Waals surface area (Å²) in [6, 6.07) is 0. The second kappa shape index (κ2) is 3.07. The highest BCUT2D eigenvalue weighted by Crippen LogP contribution is 2.60. The highest BCUT2D eigenvalue weighted by molar-refractivity contribution is 9.26. The van der Waals surface area contributed by atoms with Crippen LogP contribution in [0.3, 0.4) is 0 Å². The lowest BCUT2D eigenvalue weighted by Gasteiger charge is -1.93. The van der Waals surface area contributed by atoms with E-state index in [1.165, 1.54) is 12.8 Å². The lowest BCUT2D eigenvalue weighted by Crippen LogP contribution is -1.86. The second-order valence-corrected chi connectivity index (χ2v) is 11.3. The minimum absolute atomic E-state index is 0.215. The fourth-order valence-corrected chi connectivity index (χ4v) is 3.16. The minimum Gasteiger partial charge on any atom is -0.0827 e. The van der Waals surface area contributed by atoms with E-state index in [2.05, 4.69) is 75.9 Å². The number of allylic oxidation sites excluding steroid dienone is 2. The Kier molecular flexibility index (Phi) is 2.61. The van der Waals surface area contributed by atoms with Gasteiger partial charge in [0.05, 0.1) is 6.47 Å². The Morgan fingerprint density at radius 3 is 1.25 bits per heavy atom. The number of hydrogen-bond donors (Lipinski definition) is 0. The molecule has 2 atom stereocenters. The Morgan fingerprint density at radius 1 is 0.833 bits per heavy atom. The van der Waals surface area contributed by atoms with Gasteiger partial charge in [-0.25, -0.2) is 0 Å². The molecule has 0 amide bonds. The third kappa shape index (κ3) is 2.18. The first kappa shape index (κ1) is 10.2. The van der Waals surface area contributed by atoms with Crippen LogP contribution < -0.4 is 0 Å². The second-order valence-electron chi connectivity index (χ2n) is 3.53. The van der Waals surface area contributed by atoms with Crippen molar-refractivity contribution >= 4 is 63.7 Å². The lowest BCUT2D eigenvalue weighted by molar-refractivity contribution is 1.05. The molecule has 0 aromatic carbocycles. The summed E-state index contributed by atoms with van der Waals surface area (Å²) in [6.45, 7) is 0. The molecule has 0 bridgehead atoms. The van der Waals surface area contributed by atoms with Crippen LogP contribution in [0.15, 0.2) is 12.2 Å². The van der Waals surface area contributed by atoms with Crippen LogP contribution in [-0.4, -0.2) is 6.47 Å². The van der Waals surface area contributed by atoms with Gasteiger partial charge in [-0.2, -0.15) is 0 Å². The van der Waals surface area contributed by atoms with E-state index in [0.29, 0.717) is 11.8 Å². The molecule has 2 aliphatic rings. The van der Waals surface area contributed by atoms with Crippen LogP contribution in [0.25, 0.3) is 0 Å². The topological polar surface area (TPSA) is 0 Å². The zero-order valence-corrected chi connectivity index (χ0v) is 12.6. The third-order valence-electron chi connectivity index (χ3n) is 2.32. The van der Waals surface area contributed by atoms with Crippen molar-refractivity contribution in [2.24, 2.45) is 11.8 Å². The van der Waals surface area contributed by atoms with Gasteiger partial charge in [0.2, 0.25) is 0 Å². The molecule has 0 unspecified atom stereocenters. The predicted molar refractivity (Wildman–Crippen MR) is 66.5 cm³/mol. The maximum absolute atomic E-state index is 3.59. The summed E-state index contributed by atoms with van der Waals surface area (Å²) < 4.78 is 0.430. The first-order chi connectivity index (χ1) is 5.42. The summed E-state index contributed by atoms with van der Waals surface area (Å²) in [5.74, 6) is 1.35. The molecule has 0 nitrogen and oxygen atoms in total. The fraction of sp³-hybridized carbons (Fsp3) is 0.750. The van der Waals surface area contributed by atoms with Gasteiger partial charge >= 0.3 is 0 Å². The van der Waals surface area contributed by atoms with Gasteiger partial charge < -0.3 is 0 Å². The average molecular weight is 424 g/mol. The number of hydrogen-bond acceptors (Lipinski definition) is 0. The maximum atomic E-state index is 3.59. The molecule has 0 aromatic rings. The van der Waals surface area contributed by atoms with Gasteiger partial charge in [-0.1, -0.05) is 75.9 Å². The van der Waals surface area contributed by atoms with Crippen LogP contribution in [0.2, 0.25) is 0 Å². The molecule has 68 valence electrons. The molecule has 0 aliphatic heterocycles. The SMILES string of the molecule is BrC1(Br)C[C@@H]1/C=C\[C@H]1CC1(Br)Br. The van der Waals surface area contributed by atoms with Crippen molar-refractivity contribution in [2.75, 3.05) is 0 Å². The van der Waals surface area contributed by atoms with E-state index in [1.54, 1.807) is 0 Å². The van der Waals surface area contributed by atoms with Crippen molar-refractivity contribution in [2.45, 2.75) is 19.3 Å². The molecule has 0 saturated heterocycles. The van der Waals surface area contributed by atoms with Gasteiger partial charge in [0.1, 0.15) is 0 Å². The highest BCUT2D eigenvalue weighted by atomic mass is 79.9. The van der Waals surface area contributed by atoms with E-state index >= 15 is 0 Å². The zero-order valence-electron chi connectivity index (χ0n) is 6.24. The molecule has 0 heterocycles. The maximum Gasteiger partial charge on any atom is 0.0875 e. The monoisotopic (exact) mass is 420 g/mol. The van der Waals surface area contributed by atoms with E-state index in [9.17, 15) is 0 Å². The van der Waals surface area contributed by atoms with Crippen LogP contribution in [0, 0.1) is 11.8 Å². The Bertz CT molecular complexity index is 207. The molecule has 0 radical (unpaired) electrons. The third-order valence-corrected chi connectivity index (χ3v) is 5.97. The molecular formula is C8H8Br4. The van der Waals surface area contributed by atoms with Gasteiger partial charge in [0, 0.05) is 11.8 Å². The van der Waals surface area contributed by atoms with Crippen LogP contribution in [0.5, 0.6) is 0 Å². The number of halogens is 4. The molecule has 0 aromatic heterocycles. The van der Waals surface area contributed by atoms with Crippen molar-refractivity contribution in [3.8, 4) is 0 Å². The van der Waals surface area contributed by atoms with Crippen molar-refractivity contribution in [3.63, 3.8) is 0 Å². The van der Waals surface area contributed by atoms with Crippen molar-refractivity contribution in [3.05, 3.63) is 12.2 Å². The van der Waals surface area contributed by atoms with Gasteiger partial charge in [-0.3, -0.25) is 0 Å². The van der Waals surface area contributed by atoms with Crippen LogP contribution >= 0.6 is 63.7 Å². The molecule has 4 heteroatoms. The zero-order chi connectivity index (χ0) is 8.98. The first-order valence-corrected chi connectivity index (χ1v) is 7.03. The van der Waals surface area contributed by atoms with Gasteiger partial charge in [-0.15, -0.1) is 0 Å². The Morgan fingerprint density at radius 2 is 1.08 bits per heavy atom. The van der Waals surface area contributed by atoms with Crippen LogP contribution in [0.4, 0.5) is 0 Å². The molecule has 12 heavy (non-hydrogen) atoms. The molecule has 0 N–H and O–H groups in total. The minimum atomic E-state index is 0.215. The van der Waals surface area contributed by atoms with E-state index < -0.39 is 0 Å². The standard InChI is InChI=1S/C8H8Br4/c9-7(10)3-5(7)1-2-6-4-8(6,11)12/h1-2,5-6H,3-4H2/b2-1-/t5-,6-/m0/s1. The smallest absolute Gasteiger partial charge is 0.0827 e. The van der Waals surface area contributed by atoms with E-state index in [0.717, 1.165) is 0 Å². The van der Waals surface area contributed by atoms with Crippen molar-refractivity contribution < 1.29 is 0 Å². The molecule has 2 saturated carbocycles. The van der Waals surface area contributed by atoms with Crippen LogP contribution in [0.1, 0.15) is 12.8 Å². The van der Waals surface area contributed by atoms with Gasteiger partial charge in [0.25, 0.3) is 0 Å². The Hall–Kier alpha value is 1.66. The average Bonchev–Trinajstić information content (AvgIpc) is 2.68. The summed E-state index contributed by atoms with van der Waals surface area (Å²) in [4.78, 5) is 0. The first-order valence-electron chi connectivity index (χ1n) is 3.86. The largest absolute Gasteiger partial charge is 0.0875 e. The fourth-order valence-electron chi connectivity index (χ4n) is 1.15. The van der Waals surface area contributed by atoms with E-state index in [1.807, 2.05) is 0 Å². The van der Waals surface area contributed by atoms with E-state index in [4.69, 9.17) is 0 Å². The molecule has 2 aliphatic carbocycles. The number of rotatable bonds is 2. The van der Waals surface area contributed by atoms with Gasteiger partial charge in [0.15, 0.2) is 0 Å². The predicted octanol–water partition coefficient (Wildman–Crippen LogP) is 4.55. The summed E-state index contributed by atoms with van der Waals surface area (Å²) in [7, 11) is 0. The quantitative estimate of drug-likeness (QED) is 0.451. The summed E-state index contributed by atoms with van der Waals surface area (Å²) in [6.07, 6.45) is 7.01. The Labute approximate surface area is 106 Å². The molecular weight excluding hydrogens is 416 g/mol. The Balaban J connectivity index is 1.82. The lowest BCUT2D eigenvalue weighted by atomic mass is 10.3. The summed E-state index contributed by atoms with van der Waals surface area (Å²) in [5, 5.41) is 0. The number of alkyl halides is 4. The van der Waals surface area contributed by atoms with Crippen LogP contribution in [-0.2, 0) is 0 Å². The molecule has 2 rings (SSSR count). The van der Waals surface area contributed by atoms with Gasteiger partial charge in [-0.05, 0) is 12.8 Å². The summed E-state index contributed by atoms with van der Waals surface area (Å²) in [5.41, 5.74) is 0. The van der Waals surface area contributed by atoms with E-state index in [-0.39, 0.29) is 6.47 Å². The normalized spacial score (nSPS) is 41.7. The molecule has 0 spiro atoms. The van der Waals surface area contributed by atoms with Crippen molar-refractivity contribution in [1.29, 1.82) is 0 Å². The molecule has 2 fully saturated rings.